The molecule has 26 heavy (non-hydrogen) atoms. The number of nitrogens with two attached hydrogens (primary N) is 1. The fourth-order valence-electron chi connectivity index (χ4n) is 2.95. The van der Waals surface area contributed by atoms with E-state index in [0.717, 1.165) is 6.07 Å². The van der Waals surface area contributed by atoms with Crippen LogP contribution in [0.3, 0.4) is 0 Å². The summed E-state index contributed by atoms with van der Waals surface area (Å²) < 4.78 is 26.5. The van der Waals surface area contributed by atoms with Crippen molar-refractivity contribution in [3.8, 4) is 0 Å². The van der Waals surface area contributed by atoms with Crippen molar-refractivity contribution in [3.05, 3.63) is 28.3 Å². The van der Waals surface area contributed by atoms with Gasteiger partial charge >= 0.3 is 0 Å². The molecule has 0 aliphatic carbocycles. The van der Waals surface area contributed by atoms with Gasteiger partial charge in [0.1, 0.15) is 11.7 Å². The first kappa shape index (κ1) is 20.1. The summed E-state index contributed by atoms with van der Waals surface area (Å²) in [6, 6.07) is 3.22. The summed E-state index contributed by atoms with van der Waals surface area (Å²) in [4.78, 5) is 23.8. The zero-order valence-corrected chi connectivity index (χ0v) is 15.5. The van der Waals surface area contributed by atoms with Crippen molar-refractivity contribution in [2.24, 2.45) is 5.73 Å². The van der Waals surface area contributed by atoms with Crippen molar-refractivity contribution in [1.82, 2.24) is 9.62 Å². The molecule has 0 unspecified atom stereocenters. The van der Waals surface area contributed by atoms with E-state index in [9.17, 15) is 23.3 Å². The van der Waals surface area contributed by atoms with Gasteiger partial charge in [0.15, 0.2) is 0 Å². The van der Waals surface area contributed by atoms with Crippen molar-refractivity contribution in [2.75, 3.05) is 37.6 Å². The van der Waals surface area contributed by atoms with Crippen LogP contribution >= 0.6 is 0 Å². The number of nitrogens with one attached hydrogen (secondary N) is 1. The van der Waals surface area contributed by atoms with Gasteiger partial charge in [-0.05, 0) is 12.1 Å². The molecule has 1 atom stereocenters. The van der Waals surface area contributed by atoms with Crippen LogP contribution in [0, 0.1) is 10.1 Å². The summed E-state index contributed by atoms with van der Waals surface area (Å²) in [5.41, 5.74) is 5.25. The number of benzene rings is 1. The summed E-state index contributed by atoms with van der Waals surface area (Å²) in [7, 11) is -3.81. The Hall–Kier alpha value is -2.24. The lowest BCUT2D eigenvalue weighted by molar-refractivity contribution is -0.384. The summed E-state index contributed by atoms with van der Waals surface area (Å²) in [5.74, 6) is -0.543. The molecule has 0 bridgehead atoms. The summed E-state index contributed by atoms with van der Waals surface area (Å²) in [6.07, 6.45) is 0. The molecular formula is C15H23N5O5S. The highest BCUT2D eigenvalue weighted by molar-refractivity contribution is 7.89. The molecule has 1 heterocycles. The number of nitrogens with zero attached hydrogens (tertiary/aromatic N) is 3. The largest absolute Gasteiger partial charge is 0.368 e. The number of nitro groups is 1. The normalized spacial score (nSPS) is 18.1. The van der Waals surface area contributed by atoms with Gasteiger partial charge in [0.25, 0.3) is 5.69 Å². The number of rotatable bonds is 7. The van der Waals surface area contributed by atoms with E-state index in [0.29, 0.717) is 13.1 Å². The van der Waals surface area contributed by atoms with Crippen LogP contribution in [-0.2, 0) is 14.8 Å². The van der Waals surface area contributed by atoms with Gasteiger partial charge in [0.2, 0.25) is 15.9 Å². The summed E-state index contributed by atoms with van der Waals surface area (Å²) in [5, 5.41) is 14.5. The lowest BCUT2D eigenvalue weighted by Crippen LogP contribution is -2.56. The molecule has 0 spiro atoms. The molecule has 144 valence electrons. The van der Waals surface area contributed by atoms with E-state index in [1.165, 1.54) is 16.4 Å². The van der Waals surface area contributed by atoms with Gasteiger partial charge in [-0.2, -0.15) is 4.31 Å². The predicted molar refractivity (Wildman–Crippen MR) is 96.4 cm³/mol. The standard InChI is InChI=1S/C15H23N5O5S/c1-3-19(4-2)26(24,25)11-5-6-13(14(9-11)20(22)23)18-8-7-17-12(10-18)15(16)21/h5-6,9,12,17H,3-4,7-8,10H2,1-2H3,(H2,16,21)/t12-/m0/s1. The van der Waals surface area contributed by atoms with Gasteiger partial charge in [0, 0.05) is 38.8 Å². The van der Waals surface area contributed by atoms with Gasteiger partial charge in [-0.15, -0.1) is 0 Å². The zero-order valence-electron chi connectivity index (χ0n) is 14.7. The number of piperazine rings is 1. The molecule has 0 aromatic heterocycles. The molecule has 3 N–H and O–H groups in total. The Morgan fingerprint density at radius 3 is 2.62 bits per heavy atom. The van der Waals surface area contributed by atoms with Crippen LogP contribution < -0.4 is 16.0 Å². The van der Waals surface area contributed by atoms with E-state index in [4.69, 9.17) is 5.73 Å². The minimum atomic E-state index is -3.81. The number of carbonyl (C=O) groups excluding carboxylic acids is 1. The Kier molecular flexibility index (Phi) is 6.16. The van der Waals surface area contributed by atoms with Crippen molar-refractivity contribution < 1.29 is 18.1 Å². The summed E-state index contributed by atoms with van der Waals surface area (Å²) in [6.45, 7) is 5.00. The Morgan fingerprint density at radius 1 is 1.42 bits per heavy atom. The molecule has 1 aromatic rings. The first-order chi connectivity index (χ1) is 12.2. The number of anilines is 1. The highest BCUT2D eigenvalue weighted by Gasteiger charge is 2.30. The van der Waals surface area contributed by atoms with Gasteiger partial charge < -0.3 is 16.0 Å². The lowest BCUT2D eigenvalue weighted by Gasteiger charge is -2.33. The summed E-state index contributed by atoms with van der Waals surface area (Å²) >= 11 is 0. The lowest BCUT2D eigenvalue weighted by atomic mass is 10.1. The number of sulfonamides is 1. The maximum atomic E-state index is 12.6. The number of amides is 1. The van der Waals surface area contributed by atoms with Crippen molar-refractivity contribution in [1.29, 1.82) is 0 Å². The smallest absolute Gasteiger partial charge is 0.293 e. The Labute approximate surface area is 152 Å². The van der Waals surface area contributed by atoms with Crippen molar-refractivity contribution in [2.45, 2.75) is 24.8 Å². The molecule has 1 fully saturated rings. The van der Waals surface area contributed by atoms with Crippen molar-refractivity contribution >= 4 is 27.3 Å². The second kappa shape index (κ2) is 7.98. The molecule has 1 aromatic carbocycles. The molecule has 0 radical (unpaired) electrons. The fraction of sp³-hybridized carbons (Fsp3) is 0.533. The number of carbonyl (C=O) groups is 1. The number of nitro benzene ring substituents is 1. The Morgan fingerprint density at radius 2 is 2.08 bits per heavy atom. The Balaban J connectivity index is 2.44. The van der Waals surface area contributed by atoms with Crippen LogP contribution in [0.25, 0.3) is 0 Å². The van der Waals surface area contributed by atoms with E-state index in [1.807, 2.05) is 0 Å². The maximum absolute atomic E-state index is 12.6. The highest BCUT2D eigenvalue weighted by Crippen LogP contribution is 2.32. The molecule has 0 saturated carbocycles. The minimum Gasteiger partial charge on any atom is -0.368 e. The maximum Gasteiger partial charge on any atom is 0.293 e. The van der Waals surface area contributed by atoms with E-state index in [1.54, 1.807) is 18.7 Å². The molecule has 10 nitrogen and oxygen atoms in total. The molecule has 2 rings (SSSR count). The average Bonchev–Trinajstić information content (AvgIpc) is 2.62. The molecule has 1 aliphatic rings. The average molecular weight is 385 g/mol. The molecule has 1 amide bonds. The van der Waals surface area contributed by atoms with Crippen LogP contribution in [0.2, 0.25) is 0 Å². The molecule has 1 saturated heterocycles. The quantitative estimate of drug-likeness (QED) is 0.493. The van der Waals surface area contributed by atoms with E-state index in [-0.39, 0.29) is 35.9 Å². The third kappa shape index (κ3) is 3.94. The number of hydrogen-bond donors (Lipinski definition) is 2. The second-order valence-corrected chi connectivity index (χ2v) is 7.79. The van der Waals surface area contributed by atoms with Crippen LogP contribution in [-0.4, -0.2) is 62.3 Å². The molecule has 11 heteroatoms. The van der Waals surface area contributed by atoms with E-state index in [2.05, 4.69) is 5.32 Å². The Bertz CT molecular complexity index is 794. The minimum absolute atomic E-state index is 0.127. The number of hydrogen-bond acceptors (Lipinski definition) is 7. The van der Waals surface area contributed by atoms with Crippen molar-refractivity contribution in [3.63, 3.8) is 0 Å². The molecular weight excluding hydrogens is 362 g/mol. The van der Waals surface area contributed by atoms with Crippen LogP contribution in [0.4, 0.5) is 11.4 Å². The van der Waals surface area contributed by atoms with E-state index < -0.39 is 26.9 Å². The van der Waals surface area contributed by atoms with Crippen LogP contribution in [0.5, 0.6) is 0 Å². The SMILES string of the molecule is CCN(CC)S(=O)(=O)c1ccc(N2CCN[C@H](C(N)=O)C2)c([N+](=O)[O-])c1. The van der Waals surface area contributed by atoms with Gasteiger partial charge in [0.05, 0.1) is 9.82 Å². The van der Waals surface area contributed by atoms with E-state index >= 15 is 0 Å². The number of primary amides is 1. The van der Waals surface area contributed by atoms with Crippen LogP contribution in [0.1, 0.15) is 13.8 Å². The van der Waals surface area contributed by atoms with Gasteiger partial charge in [-0.25, -0.2) is 8.42 Å². The second-order valence-electron chi connectivity index (χ2n) is 5.85. The fourth-order valence-corrected chi connectivity index (χ4v) is 4.43. The van der Waals surface area contributed by atoms with Crippen LogP contribution in [0.15, 0.2) is 23.1 Å². The first-order valence-electron chi connectivity index (χ1n) is 8.28. The highest BCUT2D eigenvalue weighted by atomic mass is 32.2. The third-order valence-corrected chi connectivity index (χ3v) is 6.39. The first-order valence-corrected chi connectivity index (χ1v) is 9.72. The van der Waals surface area contributed by atoms with Gasteiger partial charge in [-0.3, -0.25) is 14.9 Å². The van der Waals surface area contributed by atoms with Gasteiger partial charge in [-0.1, -0.05) is 13.8 Å². The monoisotopic (exact) mass is 385 g/mol. The zero-order chi connectivity index (χ0) is 19.5. The predicted octanol–water partition coefficient (Wildman–Crippen LogP) is -0.111. The third-order valence-electron chi connectivity index (χ3n) is 4.35. The topological polar surface area (TPSA) is 139 Å². The molecule has 1 aliphatic heterocycles.